The lowest BCUT2D eigenvalue weighted by Gasteiger charge is -2.18. The summed E-state index contributed by atoms with van der Waals surface area (Å²) in [5.41, 5.74) is 1.01. The highest BCUT2D eigenvalue weighted by Crippen LogP contribution is 2.15. The van der Waals surface area contributed by atoms with E-state index in [0.717, 1.165) is 5.56 Å². The molecule has 0 aromatic carbocycles. The van der Waals surface area contributed by atoms with Gasteiger partial charge < -0.3 is 5.32 Å². The second kappa shape index (κ2) is 5.99. The third kappa shape index (κ3) is 3.59. The van der Waals surface area contributed by atoms with E-state index < -0.39 is 0 Å². The van der Waals surface area contributed by atoms with Gasteiger partial charge in [0.2, 0.25) is 5.91 Å². The van der Waals surface area contributed by atoms with Crippen molar-refractivity contribution in [3.05, 3.63) is 30.1 Å². The van der Waals surface area contributed by atoms with Crippen molar-refractivity contribution in [1.82, 2.24) is 10.3 Å². The maximum absolute atomic E-state index is 11.8. The quantitative estimate of drug-likeness (QED) is 0.864. The molecule has 88 valence electrons. The summed E-state index contributed by atoms with van der Waals surface area (Å²) in [6.45, 7) is 5.97. The standard InChI is InChI=1S/C12H17BrN2O/c1-8(2)11(13)12(16)15-9(3)10-5-4-6-14-7-10/h4-9,11H,1-3H3,(H,15,16)/t9-,11?/m1/s1. The number of hydrogen-bond acceptors (Lipinski definition) is 2. The highest BCUT2D eigenvalue weighted by Gasteiger charge is 2.20. The van der Waals surface area contributed by atoms with Gasteiger partial charge in [-0.1, -0.05) is 35.8 Å². The van der Waals surface area contributed by atoms with Gasteiger partial charge in [-0.25, -0.2) is 0 Å². The van der Waals surface area contributed by atoms with Gasteiger partial charge in [-0.05, 0) is 24.5 Å². The zero-order valence-electron chi connectivity index (χ0n) is 9.77. The molecule has 1 heterocycles. The zero-order chi connectivity index (χ0) is 12.1. The van der Waals surface area contributed by atoms with Crippen LogP contribution in [0.4, 0.5) is 0 Å². The van der Waals surface area contributed by atoms with Crippen LogP contribution in [0.3, 0.4) is 0 Å². The van der Waals surface area contributed by atoms with Crippen molar-refractivity contribution in [2.75, 3.05) is 0 Å². The Labute approximate surface area is 105 Å². The molecule has 1 unspecified atom stereocenters. The third-order valence-electron chi connectivity index (χ3n) is 2.38. The average Bonchev–Trinajstić information content (AvgIpc) is 2.28. The minimum atomic E-state index is -0.147. The molecule has 0 saturated carbocycles. The molecule has 1 amide bonds. The van der Waals surface area contributed by atoms with Crippen LogP contribution < -0.4 is 5.32 Å². The van der Waals surface area contributed by atoms with Crippen molar-refractivity contribution in [3.63, 3.8) is 0 Å². The second-order valence-corrected chi connectivity index (χ2v) is 5.15. The van der Waals surface area contributed by atoms with E-state index in [2.05, 4.69) is 26.2 Å². The number of aromatic nitrogens is 1. The second-order valence-electron chi connectivity index (χ2n) is 4.16. The minimum Gasteiger partial charge on any atom is -0.349 e. The predicted molar refractivity (Wildman–Crippen MR) is 68.3 cm³/mol. The van der Waals surface area contributed by atoms with Crippen LogP contribution in [0.1, 0.15) is 32.4 Å². The summed E-state index contributed by atoms with van der Waals surface area (Å²) in [4.78, 5) is 15.7. The summed E-state index contributed by atoms with van der Waals surface area (Å²) < 4.78 is 0. The molecule has 0 bridgehead atoms. The molecule has 0 fully saturated rings. The van der Waals surface area contributed by atoms with Gasteiger partial charge in [-0.2, -0.15) is 0 Å². The van der Waals surface area contributed by atoms with Crippen LogP contribution in [-0.4, -0.2) is 15.7 Å². The van der Waals surface area contributed by atoms with Crippen LogP contribution in [0.15, 0.2) is 24.5 Å². The predicted octanol–water partition coefficient (Wildman–Crippen LogP) is 2.68. The lowest BCUT2D eigenvalue weighted by atomic mass is 10.1. The molecule has 1 aromatic rings. The molecule has 0 spiro atoms. The number of rotatable bonds is 4. The molecule has 0 saturated heterocycles. The number of nitrogens with one attached hydrogen (secondary N) is 1. The fourth-order valence-electron chi connectivity index (χ4n) is 1.31. The summed E-state index contributed by atoms with van der Waals surface area (Å²) in [6.07, 6.45) is 3.49. The van der Waals surface area contributed by atoms with E-state index in [9.17, 15) is 4.79 Å². The molecular formula is C12H17BrN2O. The number of nitrogens with zero attached hydrogens (tertiary/aromatic N) is 1. The molecule has 4 heteroatoms. The molecule has 0 aliphatic heterocycles. The van der Waals surface area contributed by atoms with Gasteiger partial charge >= 0.3 is 0 Å². The first-order valence-electron chi connectivity index (χ1n) is 5.36. The van der Waals surface area contributed by atoms with E-state index in [1.54, 1.807) is 12.4 Å². The van der Waals surface area contributed by atoms with E-state index in [0.29, 0.717) is 0 Å². The van der Waals surface area contributed by atoms with Crippen LogP contribution in [0.2, 0.25) is 0 Å². The summed E-state index contributed by atoms with van der Waals surface area (Å²) >= 11 is 3.38. The molecule has 3 nitrogen and oxygen atoms in total. The van der Waals surface area contributed by atoms with Gasteiger partial charge in [0.25, 0.3) is 0 Å². The normalized spacial score (nSPS) is 14.6. The molecular weight excluding hydrogens is 268 g/mol. The first kappa shape index (κ1) is 13.2. The molecule has 0 aliphatic carbocycles. The van der Waals surface area contributed by atoms with Crippen LogP contribution in [0, 0.1) is 5.92 Å². The van der Waals surface area contributed by atoms with Crippen LogP contribution in [-0.2, 0) is 4.79 Å². The summed E-state index contributed by atoms with van der Waals surface area (Å²) in [7, 11) is 0. The smallest absolute Gasteiger partial charge is 0.234 e. The summed E-state index contributed by atoms with van der Waals surface area (Å²) in [5.74, 6) is 0.299. The molecule has 2 atom stereocenters. The topological polar surface area (TPSA) is 42.0 Å². The Morgan fingerprint density at radius 2 is 2.12 bits per heavy atom. The molecule has 1 N–H and O–H groups in total. The van der Waals surface area contributed by atoms with Crippen molar-refractivity contribution >= 4 is 21.8 Å². The Hall–Kier alpha value is -0.900. The Balaban J connectivity index is 2.58. The largest absolute Gasteiger partial charge is 0.349 e. The first-order valence-corrected chi connectivity index (χ1v) is 6.28. The van der Waals surface area contributed by atoms with E-state index >= 15 is 0 Å². The molecule has 0 aliphatic rings. The highest BCUT2D eigenvalue weighted by atomic mass is 79.9. The highest BCUT2D eigenvalue weighted by molar-refractivity contribution is 9.10. The van der Waals surface area contributed by atoms with Crippen molar-refractivity contribution in [3.8, 4) is 0 Å². The Kier molecular flexibility index (Phi) is 4.93. The Morgan fingerprint density at radius 3 is 2.62 bits per heavy atom. The number of halogens is 1. The Bertz CT molecular complexity index is 340. The van der Waals surface area contributed by atoms with E-state index in [4.69, 9.17) is 0 Å². The Morgan fingerprint density at radius 1 is 1.44 bits per heavy atom. The molecule has 1 aromatic heterocycles. The number of pyridine rings is 1. The SMILES string of the molecule is CC(C)C(Br)C(=O)N[C@H](C)c1cccnc1. The van der Waals surface area contributed by atoms with Gasteiger partial charge in [0.1, 0.15) is 0 Å². The van der Waals surface area contributed by atoms with Crippen LogP contribution in [0.5, 0.6) is 0 Å². The summed E-state index contributed by atoms with van der Waals surface area (Å²) in [6, 6.07) is 3.81. The number of amides is 1. The fraction of sp³-hybridized carbons (Fsp3) is 0.500. The monoisotopic (exact) mass is 284 g/mol. The average molecular weight is 285 g/mol. The molecule has 1 rings (SSSR count). The van der Waals surface area contributed by atoms with Crippen molar-refractivity contribution < 1.29 is 4.79 Å². The zero-order valence-corrected chi connectivity index (χ0v) is 11.4. The minimum absolute atomic E-state index is 0.0139. The lowest BCUT2D eigenvalue weighted by Crippen LogP contribution is -2.35. The van der Waals surface area contributed by atoms with E-state index in [-0.39, 0.29) is 22.7 Å². The van der Waals surface area contributed by atoms with Crippen LogP contribution >= 0.6 is 15.9 Å². The number of hydrogen-bond donors (Lipinski definition) is 1. The molecule has 0 radical (unpaired) electrons. The van der Waals surface area contributed by atoms with Crippen molar-refractivity contribution in [1.29, 1.82) is 0 Å². The summed E-state index contributed by atoms with van der Waals surface area (Å²) in [5, 5.41) is 2.95. The van der Waals surface area contributed by atoms with Crippen LogP contribution in [0.25, 0.3) is 0 Å². The van der Waals surface area contributed by atoms with Gasteiger partial charge in [0.15, 0.2) is 0 Å². The maximum atomic E-state index is 11.8. The maximum Gasteiger partial charge on any atom is 0.234 e. The number of alkyl halides is 1. The van der Waals surface area contributed by atoms with Gasteiger partial charge in [-0.3, -0.25) is 9.78 Å². The number of carbonyl (C=O) groups excluding carboxylic acids is 1. The van der Waals surface area contributed by atoms with E-state index in [1.807, 2.05) is 32.9 Å². The van der Waals surface area contributed by atoms with Crippen molar-refractivity contribution in [2.45, 2.75) is 31.6 Å². The van der Waals surface area contributed by atoms with Gasteiger partial charge in [-0.15, -0.1) is 0 Å². The number of carbonyl (C=O) groups is 1. The lowest BCUT2D eigenvalue weighted by molar-refractivity contribution is -0.121. The fourth-order valence-corrected chi connectivity index (χ4v) is 1.44. The van der Waals surface area contributed by atoms with Crippen molar-refractivity contribution in [2.24, 2.45) is 5.92 Å². The molecule has 16 heavy (non-hydrogen) atoms. The third-order valence-corrected chi connectivity index (χ3v) is 3.85. The first-order chi connectivity index (χ1) is 7.52. The van der Waals surface area contributed by atoms with Gasteiger partial charge in [0, 0.05) is 12.4 Å². The van der Waals surface area contributed by atoms with E-state index in [1.165, 1.54) is 0 Å². The van der Waals surface area contributed by atoms with Gasteiger partial charge in [0.05, 0.1) is 10.9 Å².